The van der Waals surface area contributed by atoms with Crippen molar-refractivity contribution in [1.82, 2.24) is 19.7 Å². The number of fused-ring (bicyclic) bond motifs is 3. The molecule has 0 saturated heterocycles. The summed E-state index contributed by atoms with van der Waals surface area (Å²) in [5.74, 6) is -0.0143. The average Bonchev–Trinajstić information content (AvgIpc) is 3.13. The fraction of sp³-hybridized carbons (Fsp3) is 0.333. The number of Topliss-reactive ketones (excluding diaryl/α,β-unsaturated/α-hetero) is 1. The molecule has 5 rings (SSSR count). The lowest BCUT2D eigenvalue weighted by Gasteiger charge is -2.49. The third-order valence-electron chi connectivity index (χ3n) is 6.99. The van der Waals surface area contributed by atoms with Crippen LogP contribution in [0, 0.1) is 11.8 Å². The number of hydrogen-bond acceptors (Lipinski definition) is 5. The van der Waals surface area contributed by atoms with Crippen molar-refractivity contribution < 1.29 is 9.90 Å². The highest BCUT2D eigenvalue weighted by Crippen LogP contribution is 2.56. The summed E-state index contributed by atoms with van der Waals surface area (Å²) in [6.07, 6.45) is 8.36. The maximum atomic E-state index is 12.9. The second kappa shape index (κ2) is 6.90. The van der Waals surface area contributed by atoms with Crippen LogP contribution in [0.1, 0.15) is 36.6 Å². The molecule has 0 spiro atoms. The third kappa shape index (κ3) is 2.49. The van der Waals surface area contributed by atoms with Crippen LogP contribution >= 0.6 is 0 Å². The zero-order chi connectivity index (χ0) is 20.9. The first-order valence-electron chi connectivity index (χ1n) is 10.3. The number of aryl methyl sites for hydroxylation is 1. The van der Waals surface area contributed by atoms with Gasteiger partial charge in [0.1, 0.15) is 6.33 Å². The van der Waals surface area contributed by atoms with Gasteiger partial charge in [-0.05, 0) is 30.7 Å². The molecule has 3 atom stereocenters. The molecule has 6 nitrogen and oxygen atoms in total. The minimum absolute atomic E-state index is 0.0464. The van der Waals surface area contributed by atoms with Gasteiger partial charge in [-0.25, -0.2) is 9.97 Å². The van der Waals surface area contributed by atoms with E-state index in [4.69, 9.17) is 5.10 Å². The molecule has 0 radical (unpaired) electrons. The standard InChI is InChI=1S/C24H24N4O2/c1-15-20-9-8-19-21(17-11-25-14-26-12-17)28(2)27-23(19)24(20,10-16(13-29)22(15)30)18-6-4-3-5-7-18/h3-7,11-15,20,29H,8-10H2,1-2H3/b16-13-/t15-,20-,24+/m0/s1. The van der Waals surface area contributed by atoms with E-state index in [0.717, 1.165) is 41.6 Å². The Bertz CT molecular complexity index is 1140. The molecule has 30 heavy (non-hydrogen) atoms. The SMILES string of the molecule is C[C@@H]1C(=O)/C(=C\O)C[C@]2(c3ccccc3)c3nn(C)c(-c4cncnc4)c3CC[C@@H]12. The van der Waals surface area contributed by atoms with Gasteiger partial charge in [-0.2, -0.15) is 5.10 Å². The van der Waals surface area contributed by atoms with E-state index in [1.165, 1.54) is 11.9 Å². The van der Waals surface area contributed by atoms with Gasteiger partial charge in [0, 0.05) is 47.5 Å². The zero-order valence-corrected chi connectivity index (χ0v) is 17.1. The van der Waals surface area contributed by atoms with Crippen molar-refractivity contribution >= 4 is 5.78 Å². The number of rotatable bonds is 2. The topological polar surface area (TPSA) is 80.9 Å². The second-order valence-electron chi connectivity index (χ2n) is 8.39. The predicted molar refractivity (Wildman–Crippen MR) is 113 cm³/mol. The molecule has 0 aliphatic heterocycles. The molecule has 0 amide bonds. The number of hydrogen-bond donors (Lipinski definition) is 1. The first-order chi connectivity index (χ1) is 14.6. The summed E-state index contributed by atoms with van der Waals surface area (Å²) in [4.78, 5) is 21.3. The zero-order valence-electron chi connectivity index (χ0n) is 17.1. The highest BCUT2D eigenvalue weighted by atomic mass is 16.2. The largest absolute Gasteiger partial charge is 0.515 e. The fourth-order valence-electron chi connectivity index (χ4n) is 5.72. The first-order valence-corrected chi connectivity index (χ1v) is 10.3. The lowest BCUT2D eigenvalue weighted by molar-refractivity contribution is -0.123. The normalized spacial score (nSPS) is 27.0. The van der Waals surface area contributed by atoms with Crippen molar-refractivity contribution in [2.75, 3.05) is 0 Å². The van der Waals surface area contributed by atoms with Gasteiger partial charge in [-0.3, -0.25) is 9.48 Å². The lowest BCUT2D eigenvalue weighted by Crippen LogP contribution is -2.50. The van der Waals surface area contributed by atoms with Crippen LogP contribution in [0.5, 0.6) is 0 Å². The Morgan fingerprint density at radius 3 is 2.63 bits per heavy atom. The van der Waals surface area contributed by atoms with E-state index in [1.54, 1.807) is 0 Å². The second-order valence-corrected chi connectivity index (χ2v) is 8.39. The highest BCUT2D eigenvalue weighted by Gasteiger charge is 2.55. The Hall–Kier alpha value is -3.28. The van der Waals surface area contributed by atoms with E-state index in [-0.39, 0.29) is 17.6 Å². The molecular formula is C24H24N4O2. The number of aromatic nitrogens is 4. The molecule has 1 N–H and O–H groups in total. The van der Waals surface area contributed by atoms with E-state index >= 15 is 0 Å². The smallest absolute Gasteiger partial charge is 0.165 e. The van der Waals surface area contributed by atoms with Gasteiger partial charge in [-0.1, -0.05) is 37.3 Å². The van der Waals surface area contributed by atoms with Crippen LogP contribution in [0.3, 0.4) is 0 Å². The number of ketones is 1. The van der Waals surface area contributed by atoms with E-state index in [2.05, 4.69) is 22.1 Å². The van der Waals surface area contributed by atoms with Gasteiger partial charge in [0.15, 0.2) is 5.78 Å². The number of carbonyl (C=O) groups is 1. The van der Waals surface area contributed by atoms with Crippen molar-refractivity contribution in [1.29, 1.82) is 0 Å². The van der Waals surface area contributed by atoms with E-state index in [9.17, 15) is 9.90 Å². The van der Waals surface area contributed by atoms with Crippen molar-refractivity contribution in [3.05, 3.63) is 77.7 Å². The molecule has 2 aromatic heterocycles. The molecule has 2 heterocycles. The molecule has 6 heteroatoms. The molecule has 1 aromatic carbocycles. The summed E-state index contributed by atoms with van der Waals surface area (Å²) in [7, 11) is 1.95. The number of carbonyl (C=O) groups excluding carboxylic acids is 1. The van der Waals surface area contributed by atoms with Gasteiger partial charge in [0.05, 0.1) is 17.6 Å². The van der Waals surface area contributed by atoms with Gasteiger partial charge >= 0.3 is 0 Å². The first kappa shape index (κ1) is 18.7. The van der Waals surface area contributed by atoms with Crippen LogP contribution in [-0.2, 0) is 23.7 Å². The molecule has 1 saturated carbocycles. The number of aliphatic hydroxyl groups is 1. The summed E-state index contributed by atoms with van der Waals surface area (Å²) in [5.41, 5.74) is 5.32. The number of nitrogens with zero attached hydrogens (tertiary/aromatic N) is 4. The predicted octanol–water partition coefficient (Wildman–Crippen LogP) is 3.78. The molecule has 2 aliphatic carbocycles. The van der Waals surface area contributed by atoms with Crippen LogP contribution in [0.4, 0.5) is 0 Å². The van der Waals surface area contributed by atoms with Crippen LogP contribution in [-0.4, -0.2) is 30.6 Å². The Kier molecular flexibility index (Phi) is 4.31. The Morgan fingerprint density at radius 2 is 1.93 bits per heavy atom. The summed E-state index contributed by atoms with van der Waals surface area (Å²) < 4.78 is 1.92. The summed E-state index contributed by atoms with van der Waals surface area (Å²) in [6, 6.07) is 10.3. The van der Waals surface area contributed by atoms with Crippen LogP contribution in [0.15, 0.2) is 60.9 Å². The minimum Gasteiger partial charge on any atom is -0.515 e. The van der Waals surface area contributed by atoms with Gasteiger partial charge in [0.2, 0.25) is 0 Å². The van der Waals surface area contributed by atoms with Gasteiger partial charge < -0.3 is 5.11 Å². The third-order valence-corrected chi connectivity index (χ3v) is 6.99. The van der Waals surface area contributed by atoms with Crippen LogP contribution < -0.4 is 0 Å². The van der Waals surface area contributed by atoms with E-state index in [1.807, 2.05) is 49.2 Å². The number of benzene rings is 1. The van der Waals surface area contributed by atoms with Crippen molar-refractivity contribution in [3.8, 4) is 11.3 Å². The molecule has 0 unspecified atom stereocenters. The number of aliphatic hydroxyl groups excluding tert-OH is 1. The monoisotopic (exact) mass is 400 g/mol. The van der Waals surface area contributed by atoms with Gasteiger partial charge in [0.25, 0.3) is 0 Å². The minimum atomic E-state index is -0.456. The maximum absolute atomic E-state index is 12.9. The fourth-order valence-corrected chi connectivity index (χ4v) is 5.72. The van der Waals surface area contributed by atoms with Crippen molar-refractivity contribution in [2.24, 2.45) is 18.9 Å². The van der Waals surface area contributed by atoms with E-state index < -0.39 is 5.41 Å². The van der Waals surface area contributed by atoms with Crippen molar-refractivity contribution in [3.63, 3.8) is 0 Å². The molecule has 2 aliphatic rings. The summed E-state index contributed by atoms with van der Waals surface area (Å²) in [6.45, 7) is 1.99. The Labute approximate surface area is 175 Å². The summed E-state index contributed by atoms with van der Waals surface area (Å²) in [5, 5.41) is 14.9. The highest BCUT2D eigenvalue weighted by molar-refractivity contribution is 5.98. The average molecular weight is 400 g/mol. The Balaban J connectivity index is 1.80. The lowest BCUT2D eigenvalue weighted by atomic mass is 9.52. The molecular weight excluding hydrogens is 376 g/mol. The van der Waals surface area contributed by atoms with E-state index in [0.29, 0.717) is 12.0 Å². The van der Waals surface area contributed by atoms with Crippen LogP contribution in [0.25, 0.3) is 11.3 Å². The molecule has 1 fully saturated rings. The molecule has 152 valence electrons. The quantitative estimate of drug-likeness (QED) is 0.523. The van der Waals surface area contributed by atoms with Crippen molar-refractivity contribution in [2.45, 2.75) is 31.6 Å². The van der Waals surface area contributed by atoms with Gasteiger partial charge in [-0.15, -0.1) is 0 Å². The van der Waals surface area contributed by atoms with Crippen LogP contribution in [0.2, 0.25) is 0 Å². The Morgan fingerprint density at radius 1 is 1.20 bits per heavy atom. The molecule has 3 aromatic rings. The maximum Gasteiger partial charge on any atom is 0.165 e. The molecule has 0 bridgehead atoms. The number of allylic oxidation sites excluding steroid dienone is 1. The summed E-state index contributed by atoms with van der Waals surface area (Å²) >= 11 is 0.